The molecule has 7 heteroatoms. The molecule has 2 heterocycles. The first-order valence-electron chi connectivity index (χ1n) is 14.6. The third-order valence-electron chi connectivity index (χ3n) is 7.16. The van der Waals surface area contributed by atoms with Gasteiger partial charge >= 0.3 is 11.9 Å². The Bertz CT molecular complexity index is 1470. The molecule has 4 atom stereocenters. The number of carbonyl (C=O) groups is 2. The molecule has 2 aliphatic rings. The van der Waals surface area contributed by atoms with Gasteiger partial charge in [0.1, 0.15) is 24.4 Å². The molecule has 0 radical (unpaired) electrons. The molecule has 4 aromatic carbocycles. The summed E-state index contributed by atoms with van der Waals surface area (Å²) < 4.78 is 18.0. The maximum Gasteiger partial charge on any atom is 0.330 e. The van der Waals surface area contributed by atoms with E-state index in [0.717, 1.165) is 0 Å². The van der Waals surface area contributed by atoms with E-state index in [1.54, 1.807) is 0 Å². The van der Waals surface area contributed by atoms with Crippen molar-refractivity contribution in [2.45, 2.75) is 38.3 Å². The Kier molecular flexibility index (Phi) is 11.6. The predicted molar refractivity (Wildman–Crippen MR) is 175 cm³/mol. The third-order valence-corrected chi connectivity index (χ3v) is 7.16. The zero-order chi connectivity index (χ0) is 32.3. The molecule has 0 saturated carbocycles. The van der Waals surface area contributed by atoms with Crippen molar-refractivity contribution in [3.05, 3.63) is 145 Å². The summed E-state index contributed by atoms with van der Waals surface area (Å²) >= 11 is 0. The van der Waals surface area contributed by atoms with E-state index in [1.807, 2.05) is 12.1 Å². The summed E-state index contributed by atoms with van der Waals surface area (Å²) in [6.45, 7) is 10.4. The van der Waals surface area contributed by atoms with Crippen LogP contribution in [0.4, 0.5) is 0 Å². The van der Waals surface area contributed by atoms with Gasteiger partial charge in [0.05, 0.1) is 13.2 Å². The number of ether oxygens (including phenoxy) is 3. The summed E-state index contributed by atoms with van der Waals surface area (Å²) in [6, 6.07) is 37.9. The number of carboxylic acid groups (broad SMARTS) is 2. The van der Waals surface area contributed by atoms with Gasteiger partial charge < -0.3 is 24.4 Å². The van der Waals surface area contributed by atoms with E-state index < -0.39 is 11.9 Å². The van der Waals surface area contributed by atoms with Crippen molar-refractivity contribution in [3.8, 4) is 22.3 Å². The molecule has 4 aromatic rings. The van der Waals surface area contributed by atoms with E-state index in [9.17, 15) is 9.59 Å². The van der Waals surface area contributed by atoms with Crippen LogP contribution >= 0.6 is 0 Å². The lowest BCUT2D eigenvalue weighted by Gasteiger charge is -2.08. The molecule has 0 aliphatic carbocycles. The van der Waals surface area contributed by atoms with Gasteiger partial charge in [0.15, 0.2) is 0 Å². The highest BCUT2D eigenvalue weighted by Crippen LogP contribution is 2.45. The van der Waals surface area contributed by atoms with Gasteiger partial charge in [-0.25, -0.2) is 9.59 Å². The van der Waals surface area contributed by atoms with E-state index in [1.165, 1.54) is 47.2 Å². The fraction of sp³-hybridized carbons (Fsp3) is 0.211. The largest absolute Gasteiger partial charge is 0.478 e. The Labute approximate surface area is 264 Å². The summed E-state index contributed by atoms with van der Waals surface area (Å²) in [6.07, 6.45) is 0.389. The molecule has 6 rings (SSSR count). The summed E-state index contributed by atoms with van der Waals surface area (Å²) in [5, 5.41) is 15.8. The molecule has 7 nitrogen and oxygen atoms in total. The quantitative estimate of drug-likeness (QED) is 0.139. The van der Waals surface area contributed by atoms with Crippen LogP contribution in [0.2, 0.25) is 0 Å². The predicted octanol–water partition coefficient (Wildman–Crippen LogP) is 7.91. The highest BCUT2D eigenvalue weighted by molar-refractivity contribution is 5.85. The lowest BCUT2D eigenvalue weighted by molar-refractivity contribution is -0.133. The van der Waals surface area contributed by atoms with E-state index >= 15 is 0 Å². The van der Waals surface area contributed by atoms with Crippen molar-refractivity contribution < 1.29 is 34.0 Å². The van der Waals surface area contributed by atoms with E-state index in [4.69, 9.17) is 24.4 Å². The highest BCUT2D eigenvalue weighted by Gasteiger charge is 2.44. The SMILES string of the molecule is C=C(C)C(=O)O.C=C(C)C(=O)O.c1ccc(-c2ccccc2C2OC2COCC2OC2c2ccccc2-c2ccccc2)cc1. The number of hydrogen-bond donors (Lipinski definition) is 2. The number of aliphatic carboxylic acids is 2. The topological polar surface area (TPSA) is 109 Å². The normalized spacial score (nSPS) is 19.1. The molecule has 0 spiro atoms. The number of rotatable bonds is 10. The highest BCUT2D eigenvalue weighted by atomic mass is 16.6. The zero-order valence-corrected chi connectivity index (χ0v) is 25.5. The van der Waals surface area contributed by atoms with Gasteiger partial charge in [-0.1, -0.05) is 122 Å². The monoisotopic (exact) mass is 606 g/mol. The molecule has 2 fully saturated rings. The van der Waals surface area contributed by atoms with Gasteiger partial charge in [0, 0.05) is 11.1 Å². The minimum Gasteiger partial charge on any atom is -0.478 e. The first-order valence-corrected chi connectivity index (χ1v) is 14.6. The van der Waals surface area contributed by atoms with E-state index in [2.05, 4.69) is 110 Å². The molecular formula is C38H38O7. The van der Waals surface area contributed by atoms with Gasteiger partial charge in [-0.15, -0.1) is 0 Å². The molecule has 4 unspecified atom stereocenters. The van der Waals surface area contributed by atoms with Crippen LogP contribution < -0.4 is 0 Å². The van der Waals surface area contributed by atoms with Crippen LogP contribution in [0.25, 0.3) is 22.3 Å². The maximum atomic E-state index is 9.60. The van der Waals surface area contributed by atoms with Crippen LogP contribution in [-0.4, -0.2) is 47.6 Å². The fourth-order valence-corrected chi connectivity index (χ4v) is 4.64. The number of epoxide rings is 2. The van der Waals surface area contributed by atoms with Gasteiger partial charge in [0.25, 0.3) is 0 Å². The number of benzene rings is 4. The first-order chi connectivity index (χ1) is 21.7. The molecule has 0 aromatic heterocycles. The van der Waals surface area contributed by atoms with Crippen LogP contribution in [0.5, 0.6) is 0 Å². The van der Waals surface area contributed by atoms with Crippen LogP contribution in [0.1, 0.15) is 37.2 Å². The van der Waals surface area contributed by atoms with E-state index in [-0.39, 0.29) is 35.6 Å². The summed E-state index contributed by atoms with van der Waals surface area (Å²) in [5.74, 6) is -1.87. The Morgan fingerprint density at radius 3 is 1.24 bits per heavy atom. The molecular weight excluding hydrogens is 568 g/mol. The maximum absolute atomic E-state index is 9.60. The van der Waals surface area contributed by atoms with Crippen LogP contribution in [-0.2, 0) is 23.8 Å². The van der Waals surface area contributed by atoms with Crippen LogP contribution in [0, 0.1) is 0 Å². The Balaban J connectivity index is 0.000000329. The lowest BCUT2D eigenvalue weighted by atomic mass is 9.96. The average Bonchev–Trinajstić information content (AvgIpc) is 3.99. The zero-order valence-electron chi connectivity index (χ0n) is 25.5. The van der Waals surface area contributed by atoms with Crippen molar-refractivity contribution in [2.75, 3.05) is 13.2 Å². The van der Waals surface area contributed by atoms with Gasteiger partial charge in [-0.05, 0) is 47.2 Å². The molecule has 0 bridgehead atoms. The van der Waals surface area contributed by atoms with Crippen molar-refractivity contribution in [1.29, 1.82) is 0 Å². The second kappa shape index (κ2) is 15.8. The second-order valence-corrected chi connectivity index (χ2v) is 10.8. The minimum atomic E-state index is -0.935. The van der Waals surface area contributed by atoms with Gasteiger partial charge in [0.2, 0.25) is 0 Å². The Morgan fingerprint density at radius 2 is 0.911 bits per heavy atom. The number of hydrogen-bond acceptors (Lipinski definition) is 5. The summed E-state index contributed by atoms with van der Waals surface area (Å²) in [7, 11) is 0. The molecule has 0 amide bonds. The van der Waals surface area contributed by atoms with Gasteiger partial charge in [-0.2, -0.15) is 0 Å². The summed E-state index contributed by atoms with van der Waals surface area (Å²) in [5.41, 5.74) is 7.71. The average molecular weight is 607 g/mol. The third kappa shape index (κ3) is 9.58. The Hall–Kier alpha value is -4.82. The standard InChI is InChI=1S/C30H26O3.2C4H6O2/c1-3-11-21(12-4-1)23-15-7-9-17-25(23)29-27(32-29)19-31-20-28-30(33-28)26-18-10-8-16-24(26)22-13-5-2-6-14-22;2*1-3(2)4(5)6/h1-18,27-30H,19-20H2;2*1H2,2H3,(H,5,6). The fourth-order valence-electron chi connectivity index (χ4n) is 4.64. The molecule has 2 aliphatic heterocycles. The molecule has 232 valence electrons. The van der Waals surface area contributed by atoms with Gasteiger partial charge in [-0.3, -0.25) is 0 Å². The molecule has 45 heavy (non-hydrogen) atoms. The van der Waals surface area contributed by atoms with Crippen molar-refractivity contribution in [3.63, 3.8) is 0 Å². The smallest absolute Gasteiger partial charge is 0.330 e. The van der Waals surface area contributed by atoms with Crippen LogP contribution in [0.15, 0.2) is 133 Å². The first kappa shape index (κ1) is 33.1. The summed E-state index contributed by atoms with van der Waals surface area (Å²) in [4.78, 5) is 19.2. The Morgan fingerprint density at radius 1 is 0.600 bits per heavy atom. The molecule has 2 N–H and O–H groups in total. The lowest BCUT2D eigenvalue weighted by Crippen LogP contribution is -2.08. The molecule has 2 saturated heterocycles. The van der Waals surface area contributed by atoms with Crippen molar-refractivity contribution in [2.24, 2.45) is 0 Å². The number of carboxylic acids is 2. The minimum absolute atomic E-state index is 0.0936. The van der Waals surface area contributed by atoms with E-state index in [0.29, 0.717) is 13.2 Å². The second-order valence-electron chi connectivity index (χ2n) is 10.8. The van der Waals surface area contributed by atoms with Crippen LogP contribution in [0.3, 0.4) is 0 Å². The van der Waals surface area contributed by atoms with Crippen molar-refractivity contribution >= 4 is 11.9 Å². The van der Waals surface area contributed by atoms with Crippen molar-refractivity contribution in [1.82, 2.24) is 0 Å².